The summed E-state index contributed by atoms with van der Waals surface area (Å²) in [7, 11) is 0. The molecule has 0 aliphatic rings. The van der Waals surface area contributed by atoms with Gasteiger partial charge in [-0.2, -0.15) is 13.2 Å². The van der Waals surface area contributed by atoms with Gasteiger partial charge in [0.1, 0.15) is 6.61 Å². The standard InChI is InChI=1S/C19H20F3NO3/c1-12-8-15(10-16(9-12)19(20,21)22)17(24)13(2)23-18(25)26-11-14-6-4-3-5-7-14/h3-10,13,17,24H,11H2,1-2H3,(H,23,25)/t13-,17?/m0/s1. The molecule has 7 heteroatoms. The number of aryl methyl sites for hydroxylation is 1. The van der Waals surface area contributed by atoms with Crippen molar-refractivity contribution in [3.05, 3.63) is 70.8 Å². The lowest BCUT2D eigenvalue weighted by Gasteiger charge is -2.22. The van der Waals surface area contributed by atoms with E-state index >= 15 is 0 Å². The zero-order valence-electron chi connectivity index (χ0n) is 14.4. The fraction of sp³-hybridized carbons (Fsp3) is 0.316. The molecule has 1 unspecified atom stereocenters. The van der Waals surface area contributed by atoms with Crippen LogP contribution in [0.4, 0.5) is 18.0 Å². The van der Waals surface area contributed by atoms with Crippen LogP contribution in [0.25, 0.3) is 0 Å². The van der Waals surface area contributed by atoms with Crippen LogP contribution in [0, 0.1) is 6.92 Å². The topological polar surface area (TPSA) is 58.6 Å². The maximum atomic E-state index is 12.9. The number of hydrogen-bond donors (Lipinski definition) is 2. The van der Waals surface area contributed by atoms with Gasteiger partial charge in [-0.25, -0.2) is 4.79 Å². The molecule has 140 valence electrons. The number of halogens is 3. The molecule has 0 heterocycles. The predicted molar refractivity (Wildman–Crippen MR) is 90.4 cm³/mol. The number of alkyl carbamates (subject to hydrolysis) is 1. The molecule has 2 rings (SSSR count). The van der Waals surface area contributed by atoms with E-state index in [9.17, 15) is 23.1 Å². The van der Waals surface area contributed by atoms with Gasteiger partial charge in [0.2, 0.25) is 0 Å². The number of aliphatic hydroxyl groups is 1. The van der Waals surface area contributed by atoms with Gasteiger partial charge in [-0.05, 0) is 37.1 Å². The minimum atomic E-state index is -4.51. The van der Waals surface area contributed by atoms with Crippen molar-refractivity contribution >= 4 is 6.09 Å². The van der Waals surface area contributed by atoms with Gasteiger partial charge < -0.3 is 15.2 Å². The second kappa shape index (κ2) is 8.23. The first-order valence-corrected chi connectivity index (χ1v) is 8.01. The van der Waals surface area contributed by atoms with Gasteiger partial charge in [0.15, 0.2) is 0 Å². The van der Waals surface area contributed by atoms with E-state index in [-0.39, 0.29) is 12.2 Å². The summed E-state index contributed by atoms with van der Waals surface area (Å²) < 4.78 is 43.8. The SMILES string of the molecule is Cc1cc(C(O)[C@H](C)NC(=O)OCc2ccccc2)cc(C(F)(F)F)c1. The minimum absolute atomic E-state index is 0.0537. The third kappa shape index (κ3) is 5.49. The summed E-state index contributed by atoms with van der Waals surface area (Å²) >= 11 is 0. The first kappa shape index (κ1) is 19.8. The smallest absolute Gasteiger partial charge is 0.416 e. The lowest BCUT2D eigenvalue weighted by molar-refractivity contribution is -0.137. The van der Waals surface area contributed by atoms with Crippen molar-refractivity contribution in [2.75, 3.05) is 0 Å². The third-order valence-electron chi connectivity index (χ3n) is 3.80. The number of carbonyl (C=O) groups is 1. The van der Waals surface area contributed by atoms with Crippen molar-refractivity contribution in [1.82, 2.24) is 5.32 Å². The maximum Gasteiger partial charge on any atom is 0.416 e. The van der Waals surface area contributed by atoms with Gasteiger partial charge >= 0.3 is 12.3 Å². The van der Waals surface area contributed by atoms with Crippen LogP contribution in [0.3, 0.4) is 0 Å². The van der Waals surface area contributed by atoms with E-state index in [4.69, 9.17) is 4.74 Å². The van der Waals surface area contributed by atoms with Crippen molar-refractivity contribution in [3.63, 3.8) is 0 Å². The van der Waals surface area contributed by atoms with Gasteiger partial charge in [-0.1, -0.05) is 42.0 Å². The van der Waals surface area contributed by atoms with Crippen molar-refractivity contribution < 1.29 is 27.8 Å². The highest BCUT2D eigenvalue weighted by Gasteiger charge is 2.32. The number of carbonyl (C=O) groups excluding carboxylic acids is 1. The molecule has 0 spiro atoms. The lowest BCUT2D eigenvalue weighted by atomic mass is 9.98. The number of benzene rings is 2. The normalized spacial score (nSPS) is 13.8. The Balaban J connectivity index is 1.99. The van der Waals surface area contributed by atoms with Crippen LogP contribution in [-0.4, -0.2) is 17.2 Å². The molecule has 0 saturated heterocycles. The molecule has 0 aliphatic carbocycles. The lowest BCUT2D eigenvalue weighted by Crippen LogP contribution is -2.37. The van der Waals surface area contributed by atoms with E-state index in [2.05, 4.69) is 5.32 Å². The molecule has 26 heavy (non-hydrogen) atoms. The number of rotatable bonds is 5. The van der Waals surface area contributed by atoms with E-state index in [1.165, 1.54) is 19.9 Å². The highest BCUT2D eigenvalue weighted by Crippen LogP contribution is 2.32. The number of hydrogen-bond acceptors (Lipinski definition) is 3. The summed E-state index contributed by atoms with van der Waals surface area (Å²) in [6.45, 7) is 3.06. The van der Waals surface area contributed by atoms with Crippen LogP contribution in [0.5, 0.6) is 0 Å². The summed E-state index contributed by atoms with van der Waals surface area (Å²) in [4.78, 5) is 11.8. The molecule has 2 aromatic carbocycles. The summed E-state index contributed by atoms with van der Waals surface area (Å²) in [6, 6.07) is 11.5. The molecule has 2 N–H and O–H groups in total. The zero-order chi connectivity index (χ0) is 19.3. The molecule has 4 nitrogen and oxygen atoms in total. The van der Waals surface area contributed by atoms with Gasteiger partial charge in [-0.3, -0.25) is 0 Å². The van der Waals surface area contributed by atoms with Crippen LogP contribution in [0.2, 0.25) is 0 Å². The Morgan fingerprint density at radius 3 is 2.46 bits per heavy atom. The largest absolute Gasteiger partial charge is 0.445 e. The molecule has 2 aromatic rings. The van der Waals surface area contributed by atoms with Crippen LogP contribution in [0.1, 0.15) is 35.3 Å². The number of amides is 1. The van der Waals surface area contributed by atoms with E-state index in [0.29, 0.717) is 5.56 Å². The highest BCUT2D eigenvalue weighted by atomic mass is 19.4. The quantitative estimate of drug-likeness (QED) is 0.825. The molecule has 0 aromatic heterocycles. The number of alkyl halides is 3. The van der Waals surface area contributed by atoms with Crippen LogP contribution in [0.15, 0.2) is 48.5 Å². The molecule has 0 radical (unpaired) electrons. The number of aliphatic hydroxyl groups excluding tert-OH is 1. The van der Waals surface area contributed by atoms with Crippen molar-refractivity contribution in [3.8, 4) is 0 Å². The van der Waals surface area contributed by atoms with Crippen molar-refractivity contribution in [2.24, 2.45) is 0 Å². The molecule has 0 bridgehead atoms. The summed E-state index contributed by atoms with van der Waals surface area (Å²) in [5.41, 5.74) is 0.399. The Morgan fingerprint density at radius 2 is 1.85 bits per heavy atom. The van der Waals surface area contributed by atoms with E-state index < -0.39 is 30.0 Å². The summed E-state index contributed by atoms with van der Waals surface area (Å²) in [5, 5.41) is 12.7. The van der Waals surface area contributed by atoms with Crippen molar-refractivity contribution in [1.29, 1.82) is 0 Å². The summed E-state index contributed by atoms with van der Waals surface area (Å²) in [5.74, 6) is 0. The van der Waals surface area contributed by atoms with Gasteiger partial charge in [0, 0.05) is 0 Å². The highest BCUT2D eigenvalue weighted by molar-refractivity contribution is 5.67. The van der Waals surface area contributed by atoms with E-state index in [1.807, 2.05) is 6.07 Å². The fourth-order valence-electron chi connectivity index (χ4n) is 2.47. The Labute approximate surface area is 149 Å². The third-order valence-corrected chi connectivity index (χ3v) is 3.80. The number of nitrogens with one attached hydrogen (secondary N) is 1. The number of ether oxygens (including phenoxy) is 1. The van der Waals surface area contributed by atoms with Gasteiger partial charge in [-0.15, -0.1) is 0 Å². The molecule has 1 amide bonds. The van der Waals surface area contributed by atoms with Crippen LogP contribution < -0.4 is 5.32 Å². The Hall–Kier alpha value is -2.54. The molecule has 0 saturated carbocycles. The predicted octanol–water partition coefficient (Wildman–Crippen LogP) is 4.36. The first-order chi connectivity index (χ1) is 12.2. The van der Waals surface area contributed by atoms with Crippen molar-refractivity contribution in [2.45, 2.75) is 38.8 Å². The van der Waals surface area contributed by atoms with Crippen LogP contribution in [-0.2, 0) is 17.5 Å². The summed E-state index contributed by atoms with van der Waals surface area (Å²) in [6.07, 6.45) is -6.57. The molecule has 0 aliphatic heterocycles. The first-order valence-electron chi connectivity index (χ1n) is 8.01. The Kier molecular flexibility index (Phi) is 6.26. The fourth-order valence-corrected chi connectivity index (χ4v) is 2.47. The minimum Gasteiger partial charge on any atom is -0.445 e. The van der Waals surface area contributed by atoms with E-state index in [1.54, 1.807) is 24.3 Å². The Morgan fingerprint density at radius 1 is 1.19 bits per heavy atom. The monoisotopic (exact) mass is 367 g/mol. The second-order valence-electron chi connectivity index (χ2n) is 6.07. The average molecular weight is 367 g/mol. The zero-order valence-corrected chi connectivity index (χ0v) is 14.4. The van der Waals surface area contributed by atoms with Crippen LogP contribution >= 0.6 is 0 Å². The van der Waals surface area contributed by atoms with Gasteiger partial charge in [0.25, 0.3) is 0 Å². The molecule has 2 atom stereocenters. The Bertz CT molecular complexity index is 747. The maximum absolute atomic E-state index is 12.9. The second-order valence-corrected chi connectivity index (χ2v) is 6.07. The average Bonchev–Trinajstić information content (AvgIpc) is 2.59. The van der Waals surface area contributed by atoms with Gasteiger partial charge in [0.05, 0.1) is 17.7 Å². The molecule has 0 fully saturated rings. The van der Waals surface area contributed by atoms with E-state index in [0.717, 1.165) is 17.7 Å². The molecular weight excluding hydrogens is 347 g/mol. The molecular formula is C19H20F3NO3.